The van der Waals surface area contributed by atoms with Crippen LogP contribution in [-0.4, -0.2) is 27.3 Å². The van der Waals surface area contributed by atoms with Crippen LogP contribution in [0.25, 0.3) is 10.8 Å². The molecule has 0 fully saturated rings. The zero-order valence-electron chi connectivity index (χ0n) is 10.4. The maximum Gasteiger partial charge on any atom is 0.513 e. The summed E-state index contributed by atoms with van der Waals surface area (Å²) in [6.07, 6.45) is 0. The Bertz CT molecular complexity index is 569. The summed E-state index contributed by atoms with van der Waals surface area (Å²) in [7, 11) is 1.47. The van der Waals surface area contributed by atoms with Gasteiger partial charge < -0.3 is 22.4 Å². The molecule has 6 heteroatoms. The maximum atomic E-state index is 13.2. The number of rotatable bonds is 5. The Balaban J connectivity index is 2.51. The Morgan fingerprint density at radius 3 is 2.42 bits per heavy atom. The fraction of sp³-hybridized carbons (Fsp3) is 0.231. The lowest BCUT2D eigenvalue weighted by molar-refractivity contribution is 0.147. The van der Waals surface area contributed by atoms with Gasteiger partial charge in [-0.05, 0) is 16.8 Å². The number of fused-ring (bicyclic) bond motifs is 1. The number of benzene rings is 2. The smallest absolute Gasteiger partial charge is 0.494 e. The third kappa shape index (κ3) is 3.01. The molecule has 0 saturated heterocycles. The highest BCUT2D eigenvalue weighted by molar-refractivity contribution is 6.76. The molecular weight excluding hydrogens is 256 g/mol. The van der Waals surface area contributed by atoms with Crippen LogP contribution >= 0.6 is 0 Å². The third-order valence-electron chi connectivity index (χ3n) is 2.80. The molecule has 0 bridgehead atoms. The van der Waals surface area contributed by atoms with Gasteiger partial charge in [0.2, 0.25) is 0 Å². The molecular formula is C13H13BF3O2-. The second-order valence-corrected chi connectivity index (χ2v) is 4.11. The Kier molecular flexibility index (Phi) is 4.00. The maximum absolute atomic E-state index is 13.2. The highest BCUT2D eigenvalue weighted by Gasteiger charge is 2.31. The Morgan fingerprint density at radius 1 is 1.00 bits per heavy atom. The molecule has 0 N–H and O–H groups in total. The largest absolute Gasteiger partial charge is 0.513 e. The van der Waals surface area contributed by atoms with Crippen LogP contribution in [0, 0.1) is 0 Å². The molecule has 102 valence electrons. The molecule has 0 unspecified atom stereocenters. The van der Waals surface area contributed by atoms with Crippen molar-refractivity contribution in [1.29, 1.82) is 0 Å². The van der Waals surface area contributed by atoms with Crippen molar-refractivity contribution in [3.05, 3.63) is 36.4 Å². The van der Waals surface area contributed by atoms with E-state index in [-0.39, 0.29) is 24.3 Å². The van der Waals surface area contributed by atoms with E-state index in [0.29, 0.717) is 5.39 Å². The van der Waals surface area contributed by atoms with E-state index >= 15 is 0 Å². The third-order valence-corrected chi connectivity index (χ3v) is 2.80. The van der Waals surface area contributed by atoms with Crippen LogP contribution in [0.2, 0.25) is 0 Å². The quantitative estimate of drug-likeness (QED) is 0.613. The molecule has 0 aliphatic heterocycles. The van der Waals surface area contributed by atoms with Gasteiger partial charge in [0.05, 0.1) is 12.4 Å². The number of hydrogen-bond acceptors (Lipinski definition) is 2. The molecule has 19 heavy (non-hydrogen) atoms. The predicted octanol–water partition coefficient (Wildman–Crippen LogP) is 2.92. The van der Waals surface area contributed by atoms with Crippen molar-refractivity contribution in [3.63, 3.8) is 0 Å². The first-order valence-electron chi connectivity index (χ1n) is 5.87. The Morgan fingerprint density at radius 2 is 1.74 bits per heavy atom. The second-order valence-electron chi connectivity index (χ2n) is 4.11. The van der Waals surface area contributed by atoms with Gasteiger partial charge in [-0.15, -0.1) is 0 Å². The molecule has 0 aliphatic rings. The molecule has 0 heterocycles. The van der Waals surface area contributed by atoms with Gasteiger partial charge in [-0.25, -0.2) is 0 Å². The number of methoxy groups -OCH3 is 1. The monoisotopic (exact) mass is 269 g/mol. The topological polar surface area (TPSA) is 18.5 Å². The predicted molar refractivity (Wildman–Crippen MR) is 70.0 cm³/mol. The van der Waals surface area contributed by atoms with Crippen molar-refractivity contribution in [3.8, 4) is 5.75 Å². The average molecular weight is 269 g/mol. The minimum Gasteiger partial charge on any atom is -0.494 e. The lowest BCUT2D eigenvalue weighted by atomic mass is 9.76. The fourth-order valence-corrected chi connectivity index (χ4v) is 1.97. The van der Waals surface area contributed by atoms with Gasteiger partial charge in [0.15, 0.2) is 0 Å². The van der Waals surface area contributed by atoms with Crippen LogP contribution in [0.1, 0.15) is 0 Å². The first kappa shape index (κ1) is 13.7. The Labute approximate surface area is 109 Å². The fourth-order valence-electron chi connectivity index (χ4n) is 1.97. The number of hydrogen-bond donors (Lipinski definition) is 0. The first-order valence-corrected chi connectivity index (χ1v) is 5.87. The van der Waals surface area contributed by atoms with E-state index in [1.54, 1.807) is 24.3 Å². The lowest BCUT2D eigenvalue weighted by Gasteiger charge is -2.22. The minimum atomic E-state index is -5.14. The highest BCUT2D eigenvalue weighted by Crippen LogP contribution is 2.25. The summed E-state index contributed by atoms with van der Waals surface area (Å²) in [4.78, 5) is 0. The lowest BCUT2D eigenvalue weighted by Crippen LogP contribution is -2.36. The van der Waals surface area contributed by atoms with Crippen LogP contribution in [-0.2, 0) is 4.74 Å². The summed E-state index contributed by atoms with van der Waals surface area (Å²) in [5.41, 5.74) is -0.672. The van der Waals surface area contributed by atoms with E-state index in [1.165, 1.54) is 19.2 Å². The molecule has 2 aromatic carbocycles. The molecule has 0 aromatic heterocycles. The van der Waals surface area contributed by atoms with Gasteiger partial charge in [0.1, 0.15) is 6.61 Å². The van der Waals surface area contributed by atoms with Crippen molar-refractivity contribution < 1.29 is 22.4 Å². The summed E-state index contributed by atoms with van der Waals surface area (Å²) >= 11 is 0. The summed E-state index contributed by atoms with van der Waals surface area (Å²) in [6, 6.07) is 9.40. The summed E-state index contributed by atoms with van der Waals surface area (Å²) in [6.45, 7) is -4.80. The van der Waals surface area contributed by atoms with Crippen LogP contribution in [0.3, 0.4) is 0 Å². The number of halogens is 3. The molecule has 0 amide bonds. The van der Waals surface area contributed by atoms with Gasteiger partial charge in [-0.3, -0.25) is 0 Å². The molecule has 2 rings (SSSR count). The molecule has 0 saturated carbocycles. The zero-order chi connectivity index (χ0) is 13.9. The number of ether oxygens (including phenoxy) is 2. The molecule has 0 radical (unpaired) electrons. The summed E-state index contributed by atoms with van der Waals surface area (Å²) in [5, 5.41) is 0.723. The summed E-state index contributed by atoms with van der Waals surface area (Å²) < 4.78 is 49.7. The zero-order valence-corrected chi connectivity index (χ0v) is 10.4. The van der Waals surface area contributed by atoms with Crippen LogP contribution in [0.5, 0.6) is 5.75 Å². The van der Waals surface area contributed by atoms with Crippen molar-refractivity contribution in [1.82, 2.24) is 0 Å². The minimum absolute atomic E-state index is 0.0913. The Hall–Kier alpha value is -1.69. The van der Waals surface area contributed by atoms with E-state index in [0.717, 1.165) is 0 Å². The summed E-state index contributed by atoms with van der Waals surface area (Å²) in [5.74, 6) is -0.136. The standard InChI is InChI=1S/C13H13BF3O2/c1-18-8-9-19-12-7-6-10-4-2-3-5-11(10)13(12)14(15,16)17/h2-7H,8-9H2,1H3/q-1. The van der Waals surface area contributed by atoms with Crippen molar-refractivity contribution in [2.75, 3.05) is 20.3 Å². The average Bonchev–Trinajstić information content (AvgIpc) is 2.37. The van der Waals surface area contributed by atoms with Crippen molar-refractivity contribution in [2.45, 2.75) is 0 Å². The van der Waals surface area contributed by atoms with Crippen molar-refractivity contribution in [2.24, 2.45) is 0 Å². The van der Waals surface area contributed by atoms with Crippen LogP contribution in [0.15, 0.2) is 36.4 Å². The van der Waals surface area contributed by atoms with Crippen molar-refractivity contribution >= 4 is 23.2 Å². The van der Waals surface area contributed by atoms with E-state index in [9.17, 15) is 12.9 Å². The van der Waals surface area contributed by atoms with E-state index in [1.807, 2.05) is 0 Å². The SMILES string of the molecule is COCCOc1ccc2ccccc2c1[B-](F)(F)F. The van der Waals surface area contributed by atoms with E-state index in [2.05, 4.69) is 0 Å². The van der Waals surface area contributed by atoms with E-state index in [4.69, 9.17) is 9.47 Å². The van der Waals surface area contributed by atoms with Gasteiger partial charge >= 0.3 is 6.98 Å². The van der Waals surface area contributed by atoms with Gasteiger partial charge in [0.25, 0.3) is 0 Å². The highest BCUT2D eigenvalue weighted by atomic mass is 19.4. The normalized spacial score (nSPS) is 11.8. The van der Waals surface area contributed by atoms with E-state index < -0.39 is 12.4 Å². The van der Waals surface area contributed by atoms with Crippen LogP contribution in [0.4, 0.5) is 12.9 Å². The molecule has 2 nitrogen and oxygen atoms in total. The molecule has 0 atom stereocenters. The molecule has 0 spiro atoms. The van der Waals surface area contributed by atoms with Crippen LogP contribution < -0.4 is 10.2 Å². The first-order chi connectivity index (χ1) is 9.04. The van der Waals surface area contributed by atoms with Gasteiger partial charge in [-0.1, -0.05) is 35.8 Å². The van der Waals surface area contributed by atoms with Gasteiger partial charge in [0, 0.05) is 7.11 Å². The molecule has 2 aromatic rings. The molecule has 0 aliphatic carbocycles. The second kappa shape index (κ2) is 5.53. The van der Waals surface area contributed by atoms with Gasteiger partial charge in [-0.2, -0.15) is 0 Å².